The largest absolute Gasteiger partial charge is 0.497 e. The third kappa shape index (κ3) is 3.37. The molecule has 1 fully saturated rings. The van der Waals surface area contributed by atoms with Crippen molar-refractivity contribution in [1.29, 1.82) is 0 Å². The molecule has 0 spiro atoms. The van der Waals surface area contributed by atoms with Crippen LogP contribution in [-0.2, 0) is 9.53 Å². The molecule has 1 heterocycles. The molecule has 6 heteroatoms. The zero-order chi connectivity index (χ0) is 15.4. The predicted molar refractivity (Wildman–Crippen MR) is 81.4 cm³/mol. The second-order valence-corrected chi connectivity index (χ2v) is 5.61. The lowest BCUT2D eigenvalue weighted by Crippen LogP contribution is -2.41. The van der Waals surface area contributed by atoms with Gasteiger partial charge in [-0.05, 0) is 53.9 Å². The lowest BCUT2D eigenvalue weighted by Gasteiger charge is -2.23. The molecule has 114 valence electrons. The first-order valence-corrected chi connectivity index (χ1v) is 7.69. The van der Waals surface area contributed by atoms with Crippen LogP contribution in [0.15, 0.2) is 22.7 Å². The Labute approximate surface area is 132 Å². The van der Waals surface area contributed by atoms with Crippen LogP contribution in [0.25, 0.3) is 0 Å². The van der Waals surface area contributed by atoms with E-state index in [4.69, 9.17) is 9.47 Å². The van der Waals surface area contributed by atoms with Gasteiger partial charge in [0.25, 0.3) is 5.91 Å². The summed E-state index contributed by atoms with van der Waals surface area (Å²) >= 11 is 3.38. The summed E-state index contributed by atoms with van der Waals surface area (Å²) < 4.78 is 10.9. The van der Waals surface area contributed by atoms with Crippen LogP contribution in [0.5, 0.6) is 5.75 Å². The van der Waals surface area contributed by atoms with Crippen LogP contribution in [0.4, 0.5) is 0 Å². The van der Waals surface area contributed by atoms with Gasteiger partial charge in [0.15, 0.2) is 0 Å². The number of methoxy groups -OCH3 is 1. The number of esters is 1. The quantitative estimate of drug-likeness (QED) is 0.779. The molecule has 0 saturated carbocycles. The summed E-state index contributed by atoms with van der Waals surface area (Å²) in [6.45, 7) is 2.64. The number of ether oxygens (including phenoxy) is 2. The van der Waals surface area contributed by atoms with E-state index in [2.05, 4.69) is 15.9 Å². The summed E-state index contributed by atoms with van der Waals surface area (Å²) in [5, 5.41) is 0. The molecule has 1 aromatic rings. The van der Waals surface area contributed by atoms with Crippen LogP contribution in [0, 0.1) is 0 Å². The first-order chi connectivity index (χ1) is 10.1. The van der Waals surface area contributed by atoms with Gasteiger partial charge < -0.3 is 14.4 Å². The molecule has 1 amide bonds. The average Bonchev–Trinajstić information content (AvgIpc) is 2.97. The Balaban J connectivity index is 2.24. The van der Waals surface area contributed by atoms with Gasteiger partial charge in [0.2, 0.25) is 0 Å². The van der Waals surface area contributed by atoms with E-state index in [1.807, 2.05) is 0 Å². The van der Waals surface area contributed by atoms with Crippen molar-refractivity contribution in [3.8, 4) is 5.75 Å². The maximum atomic E-state index is 12.7. The second-order valence-electron chi connectivity index (χ2n) is 4.75. The Bertz CT molecular complexity index is 546. The Kier molecular flexibility index (Phi) is 5.22. The molecule has 1 aromatic carbocycles. The van der Waals surface area contributed by atoms with E-state index in [0.717, 1.165) is 6.42 Å². The van der Waals surface area contributed by atoms with E-state index in [1.165, 1.54) is 0 Å². The number of nitrogens with zero attached hydrogens (tertiary/aromatic N) is 1. The number of hydrogen-bond donors (Lipinski definition) is 0. The van der Waals surface area contributed by atoms with Crippen LogP contribution in [0.2, 0.25) is 0 Å². The third-order valence-electron chi connectivity index (χ3n) is 3.48. The summed E-state index contributed by atoms with van der Waals surface area (Å²) in [6.07, 6.45) is 1.45. The van der Waals surface area contributed by atoms with Crippen molar-refractivity contribution >= 4 is 27.8 Å². The predicted octanol–water partition coefficient (Wildman–Crippen LogP) is 2.63. The summed E-state index contributed by atoms with van der Waals surface area (Å²) in [5.74, 6) is 0.0899. The number of benzene rings is 1. The average molecular weight is 356 g/mol. The summed E-state index contributed by atoms with van der Waals surface area (Å²) in [5.41, 5.74) is 0.491. The minimum absolute atomic E-state index is 0.184. The van der Waals surface area contributed by atoms with Gasteiger partial charge in [0.05, 0.1) is 19.3 Å². The van der Waals surface area contributed by atoms with E-state index in [0.29, 0.717) is 35.4 Å². The van der Waals surface area contributed by atoms with E-state index < -0.39 is 6.04 Å². The van der Waals surface area contributed by atoms with Gasteiger partial charge in [-0.15, -0.1) is 0 Å². The molecule has 1 aliphatic heterocycles. The highest BCUT2D eigenvalue weighted by Gasteiger charge is 2.36. The molecule has 5 nitrogen and oxygen atoms in total. The molecule has 1 unspecified atom stereocenters. The molecule has 0 aromatic heterocycles. The fourth-order valence-corrected chi connectivity index (χ4v) is 2.86. The van der Waals surface area contributed by atoms with Gasteiger partial charge in [0, 0.05) is 11.0 Å². The van der Waals surface area contributed by atoms with Gasteiger partial charge in [-0.1, -0.05) is 0 Å². The van der Waals surface area contributed by atoms with Crippen molar-refractivity contribution in [3.05, 3.63) is 28.2 Å². The molecule has 0 radical (unpaired) electrons. The zero-order valence-corrected chi connectivity index (χ0v) is 13.7. The maximum Gasteiger partial charge on any atom is 0.328 e. The van der Waals surface area contributed by atoms with E-state index >= 15 is 0 Å². The number of amides is 1. The number of carbonyl (C=O) groups excluding carboxylic acids is 2. The SMILES string of the molecule is CCOC(=O)C1CCCN1C(=O)c1cc(OC)ccc1Br. The van der Waals surface area contributed by atoms with Gasteiger partial charge in [0.1, 0.15) is 11.8 Å². The van der Waals surface area contributed by atoms with Crippen molar-refractivity contribution in [3.63, 3.8) is 0 Å². The molecule has 21 heavy (non-hydrogen) atoms. The van der Waals surface area contributed by atoms with Crippen molar-refractivity contribution in [1.82, 2.24) is 4.90 Å². The molecular weight excluding hydrogens is 338 g/mol. The standard InChI is InChI=1S/C15H18BrNO4/c1-3-21-15(19)13-5-4-8-17(13)14(18)11-9-10(20-2)6-7-12(11)16/h6-7,9,13H,3-5,8H2,1-2H3. The Hall–Kier alpha value is -1.56. The van der Waals surface area contributed by atoms with E-state index in [9.17, 15) is 9.59 Å². The molecule has 2 rings (SSSR count). The lowest BCUT2D eigenvalue weighted by atomic mass is 10.1. The van der Waals surface area contributed by atoms with Gasteiger partial charge in [-0.25, -0.2) is 4.79 Å². The van der Waals surface area contributed by atoms with E-state index in [-0.39, 0.29) is 11.9 Å². The number of rotatable bonds is 4. The van der Waals surface area contributed by atoms with Crippen molar-refractivity contribution in [2.24, 2.45) is 0 Å². The minimum atomic E-state index is -0.490. The molecule has 1 atom stereocenters. The van der Waals surface area contributed by atoms with Crippen LogP contribution in [0.1, 0.15) is 30.1 Å². The summed E-state index contributed by atoms with van der Waals surface area (Å²) in [7, 11) is 1.55. The van der Waals surface area contributed by atoms with Crippen molar-refractivity contribution < 1.29 is 19.1 Å². The zero-order valence-electron chi connectivity index (χ0n) is 12.1. The van der Waals surface area contributed by atoms with Crippen LogP contribution >= 0.6 is 15.9 Å². The normalized spacial score (nSPS) is 17.7. The molecule has 0 N–H and O–H groups in total. The van der Waals surface area contributed by atoms with E-state index in [1.54, 1.807) is 37.1 Å². The number of hydrogen-bond acceptors (Lipinski definition) is 4. The molecule has 0 bridgehead atoms. The Morgan fingerprint density at radius 1 is 1.43 bits per heavy atom. The summed E-state index contributed by atoms with van der Waals surface area (Å²) in [4.78, 5) is 26.2. The third-order valence-corrected chi connectivity index (χ3v) is 4.17. The Morgan fingerprint density at radius 2 is 2.19 bits per heavy atom. The first kappa shape index (κ1) is 15.8. The van der Waals surface area contributed by atoms with Gasteiger partial charge >= 0.3 is 5.97 Å². The smallest absolute Gasteiger partial charge is 0.328 e. The van der Waals surface area contributed by atoms with Crippen LogP contribution in [-0.4, -0.2) is 43.1 Å². The lowest BCUT2D eigenvalue weighted by molar-refractivity contribution is -0.147. The number of carbonyl (C=O) groups is 2. The maximum absolute atomic E-state index is 12.7. The number of likely N-dealkylation sites (tertiary alicyclic amines) is 1. The number of halogens is 1. The fourth-order valence-electron chi connectivity index (χ4n) is 2.44. The van der Waals surface area contributed by atoms with Crippen molar-refractivity contribution in [2.45, 2.75) is 25.8 Å². The summed E-state index contributed by atoms with van der Waals surface area (Å²) in [6, 6.07) is 4.72. The molecule has 1 saturated heterocycles. The highest BCUT2D eigenvalue weighted by Crippen LogP contribution is 2.27. The van der Waals surface area contributed by atoms with Crippen molar-refractivity contribution in [2.75, 3.05) is 20.3 Å². The van der Waals surface area contributed by atoms with Crippen LogP contribution < -0.4 is 4.74 Å². The topological polar surface area (TPSA) is 55.8 Å². The van der Waals surface area contributed by atoms with Crippen LogP contribution in [0.3, 0.4) is 0 Å². The molecule has 1 aliphatic rings. The highest BCUT2D eigenvalue weighted by molar-refractivity contribution is 9.10. The first-order valence-electron chi connectivity index (χ1n) is 6.89. The second kappa shape index (κ2) is 6.93. The molecular formula is C15H18BrNO4. The Morgan fingerprint density at radius 3 is 2.86 bits per heavy atom. The van der Waals surface area contributed by atoms with Gasteiger partial charge in [-0.2, -0.15) is 0 Å². The highest BCUT2D eigenvalue weighted by atomic mass is 79.9. The molecule has 0 aliphatic carbocycles. The monoisotopic (exact) mass is 355 g/mol. The minimum Gasteiger partial charge on any atom is -0.497 e. The fraction of sp³-hybridized carbons (Fsp3) is 0.467. The van der Waals surface area contributed by atoms with Gasteiger partial charge in [-0.3, -0.25) is 4.79 Å².